The van der Waals surface area contributed by atoms with Crippen LogP contribution in [0.2, 0.25) is 0 Å². The Kier molecular flexibility index (Phi) is 10.7. The van der Waals surface area contributed by atoms with Gasteiger partial charge in [0.2, 0.25) is 5.91 Å². The summed E-state index contributed by atoms with van der Waals surface area (Å²) in [7, 11) is 1.34. The van der Waals surface area contributed by atoms with Crippen LogP contribution in [0, 0.1) is 0 Å². The molecule has 0 aromatic heterocycles. The van der Waals surface area contributed by atoms with E-state index in [-0.39, 0.29) is 11.7 Å². The molecule has 4 aromatic carbocycles. The van der Waals surface area contributed by atoms with Gasteiger partial charge in [-0.2, -0.15) is 0 Å². The number of anilines is 1. The number of carbonyl (C=O) groups is 3. The number of ether oxygens (including phenoxy) is 2. The van der Waals surface area contributed by atoms with Crippen LogP contribution in [0.1, 0.15) is 33.5 Å². The maximum Gasteiger partial charge on any atom is 0.328 e. The van der Waals surface area contributed by atoms with Gasteiger partial charge in [-0.25, -0.2) is 4.79 Å². The molecule has 2 N–H and O–H groups in total. The summed E-state index contributed by atoms with van der Waals surface area (Å²) in [6.45, 7) is 0.750. The highest BCUT2D eigenvalue weighted by Crippen LogP contribution is 2.22. The van der Waals surface area contributed by atoms with Crippen molar-refractivity contribution < 1.29 is 23.9 Å². The predicted molar refractivity (Wildman–Crippen MR) is 159 cm³/mol. The van der Waals surface area contributed by atoms with E-state index in [0.717, 1.165) is 11.1 Å². The second kappa shape index (κ2) is 15.0. The van der Waals surface area contributed by atoms with Gasteiger partial charge in [0.25, 0.3) is 0 Å². The zero-order valence-electron chi connectivity index (χ0n) is 23.0. The number of amides is 1. The first-order valence-electron chi connectivity index (χ1n) is 13.6. The van der Waals surface area contributed by atoms with Crippen LogP contribution >= 0.6 is 0 Å². The molecule has 210 valence electrons. The number of methoxy groups -OCH3 is 1. The highest BCUT2D eigenvalue weighted by atomic mass is 16.5. The van der Waals surface area contributed by atoms with Crippen molar-refractivity contribution in [2.75, 3.05) is 25.6 Å². The van der Waals surface area contributed by atoms with Crippen LogP contribution in [0.15, 0.2) is 109 Å². The molecule has 0 unspecified atom stereocenters. The smallest absolute Gasteiger partial charge is 0.328 e. The van der Waals surface area contributed by atoms with Gasteiger partial charge in [-0.3, -0.25) is 9.59 Å². The molecule has 0 saturated carbocycles. The molecule has 41 heavy (non-hydrogen) atoms. The van der Waals surface area contributed by atoms with Gasteiger partial charge in [-0.15, -0.1) is 0 Å². The summed E-state index contributed by atoms with van der Waals surface area (Å²) >= 11 is 0. The first-order valence-corrected chi connectivity index (χ1v) is 13.6. The standard InChI is InChI=1S/C34H34N2O5/c1-40-34(39)31(36-30-15-9-8-14-29(30)33(38)27-12-6-3-7-13-27)24-26-16-19-28(20-17-26)41-23-22-35-32(37)21-18-25-10-4-2-5-11-25/h2-17,19-20,31,36H,18,21-24H2,1H3,(H,35,37)/t31-/m1/s1. The first kappa shape index (κ1) is 29.1. The molecule has 0 spiro atoms. The topological polar surface area (TPSA) is 93.7 Å². The molecule has 4 aromatic rings. The maximum atomic E-state index is 13.1. The molecule has 7 heteroatoms. The monoisotopic (exact) mass is 550 g/mol. The summed E-state index contributed by atoms with van der Waals surface area (Å²) in [4.78, 5) is 37.9. The fourth-order valence-electron chi connectivity index (χ4n) is 4.38. The third-order valence-corrected chi connectivity index (χ3v) is 6.56. The number of nitrogens with one attached hydrogen (secondary N) is 2. The minimum Gasteiger partial charge on any atom is -0.492 e. The quantitative estimate of drug-likeness (QED) is 0.127. The van der Waals surface area contributed by atoms with E-state index < -0.39 is 12.0 Å². The van der Waals surface area contributed by atoms with Gasteiger partial charge in [-0.05, 0) is 41.8 Å². The predicted octanol–water partition coefficient (Wildman–Crippen LogP) is 5.24. The van der Waals surface area contributed by atoms with Gasteiger partial charge in [-0.1, -0.05) is 84.9 Å². The summed E-state index contributed by atoms with van der Waals surface area (Å²) in [5.74, 6) is 0.0800. The molecule has 0 heterocycles. The molecule has 4 rings (SSSR count). The Balaban J connectivity index is 1.30. The number of hydrogen-bond acceptors (Lipinski definition) is 6. The number of aryl methyl sites for hydroxylation is 1. The molecule has 0 radical (unpaired) electrons. The van der Waals surface area contributed by atoms with Crippen LogP contribution in [0.5, 0.6) is 5.75 Å². The zero-order chi connectivity index (χ0) is 28.9. The molecule has 0 bridgehead atoms. The molecule has 0 aliphatic heterocycles. The number of para-hydroxylation sites is 1. The Labute approximate surface area is 240 Å². The van der Waals surface area contributed by atoms with Crippen molar-refractivity contribution in [1.29, 1.82) is 0 Å². The van der Waals surface area contributed by atoms with Crippen molar-refractivity contribution in [3.05, 3.63) is 131 Å². The van der Waals surface area contributed by atoms with Crippen LogP contribution in [0.4, 0.5) is 5.69 Å². The molecule has 0 saturated heterocycles. The number of rotatable bonds is 14. The number of ketones is 1. The third kappa shape index (κ3) is 8.80. The van der Waals surface area contributed by atoms with E-state index in [1.54, 1.807) is 30.3 Å². The SMILES string of the molecule is COC(=O)[C@@H](Cc1ccc(OCCNC(=O)CCc2ccccc2)cc1)Nc1ccccc1C(=O)c1ccccc1. The van der Waals surface area contributed by atoms with E-state index in [2.05, 4.69) is 10.6 Å². The minimum atomic E-state index is -0.706. The van der Waals surface area contributed by atoms with Gasteiger partial charge in [0.1, 0.15) is 18.4 Å². The summed E-state index contributed by atoms with van der Waals surface area (Å²) in [6, 6.07) is 32.8. The van der Waals surface area contributed by atoms with Gasteiger partial charge in [0.15, 0.2) is 5.78 Å². The van der Waals surface area contributed by atoms with E-state index in [0.29, 0.717) is 55.0 Å². The number of carbonyl (C=O) groups excluding carboxylic acids is 3. The van der Waals surface area contributed by atoms with Crippen molar-refractivity contribution in [1.82, 2.24) is 5.32 Å². The lowest BCUT2D eigenvalue weighted by Gasteiger charge is -2.20. The van der Waals surface area contributed by atoms with Gasteiger partial charge in [0.05, 0.1) is 13.7 Å². The second-order valence-electron chi connectivity index (χ2n) is 9.49. The molecule has 1 amide bonds. The van der Waals surface area contributed by atoms with Crippen molar-refractivity contribution in [3.8, 4) is 5.75 Å². The Bertz CT molecular complexity index is 1420. The number of benzene rings is 4. The average molecular weight is 551 g/mol. The highest BCUT2D eigenvalue weighted by molar-refractivity contribution is 6.12. The molecular weight excluding hydrogens is 516 g/mol. The van der Waals surface area contributed by atoms with E-state index in [4.69, 9.17) is 9.47 Å². The minimum absolute atomic E-state index is 0.0128. The lowest BCUT2D eigenvalue weighted by Crippen LogP contribution is -2.33. The first-order chi connectivity index (χ1) is 20.0. The normalized spacial score (nSPS) is 11.2. The summed E-state index contributed by atoms with van der Waals surface area (Å²) in [5.41, 5.74) is 3.62. The summed E-state index contributed by atoms with van der Waals surface area (Å²) in [5, 5.41) is 6.10. The van der Waals surface area contributed by atoms with Crippen LogP contribution in [0.3, 0.4) is 0 Å². The Morgan fingerprint density at radius 1 is 0.756 bits per heavy atom. The number of hydrogen-bond donors (Lipinski definition) is 2. The molecular formula is C34H34N2O5. The van der Waals surface area contributed by atoms with Gasteiger partial charge in [0, 0.05) is 29.7 Å². The Morgan fingerprint density at radius 2 is 1.41 bits per heavy atom. The highest BCUT2D eigenvalue weighted by Gasteiger charge is 2.22. The summed E-state index contributed by atoms with van der Waals surface area (Å²) in [6.07, 6.45) is 1.47. The van der Waals surface area contributed by atoms with Gasteiger partial charge < -0.3 is 20.1 Å². The van der Waals surface area contributed by atoms with Crippen molar-refractivity contribution in [3.63, 3.8) is 0 Å². The largest absolute Gasteiger partial charge is 0.492 e. The maximum absolute atomic E-state index is 13.1. The zero-order valence-corrected chi connectivity index (χ0v) is 23.0. The Morgan fingerprint density at radius 3 is 2.12 bits per heavy atom. The van der Waals surface area contributed by atoms with Gasteiger partial charge >= 0.3 is 5.97 Å². The molecule has 1 atom stereocenters. The Hall–Kier alpha value is -4.91. The number of esters is 1. The fraction of sp³-hybridized carbons (Fsp3) is 0.206. The van der Waals surface area contributed by atoms with Crippen molar-refractivity contribution in [2.24, 2.45) is 0 Å². The van der Waals surface area contributed by atoms with E-state index >= 15 is 0 Å². The van der Waals surface area contributed by atoms with Crippen LogP contribution < -0.4 is 15.4 Å². The fourth-order valence-corrected chi connectivity index (χ4v) is 4.38. The average Bonchev–Trinajstić information content (AvgIpc) is 3.03. The molecule has 0 aliphatic carbocycles. The van der Waals surface area contributed by atoms with Crippen LogP contribution in [-0.4, -0.2) is 44.0 Å². The lowest BCUT2D eigenvalue weighted by molar-refractivity contribution is -0.141. The lowest BCUT2D eigenvalue weighted by atomic mass is 10.00. The molecule has 0 fully saturated rings. The van der Waals surface area contributed by atoms with Crippen molar-refractivity contribution in [2.45, 2.75) is 25.3 Å². The van der Waals surface area contributed by atoms with E-state index in [1.807, 2.05) is 78.9 Å². The third-order valence-electron chi connectivity index (χ3n) is 6.56. The summed E-state index contributed by atoms with van der Waals surface area (Å²) < 4.78 is 10.8. The molecule has 0 aliphatic rings. The van der Waals surface area contributed by atoms with E-state index in [9.17, 15) is 14.4 Å². The van der Waals surface area contributed by atoms with E-state index in [1.165, 1.54) is 7.11 Å². The van der Waals surface area contributed by atoms with Crippen molar-refractivity contribution >= 4 is 23.3 Å². The van der Waals surface area contributed by atoms with Crippen LogP contribution in [0.25, 0.3) is 0 Å². The molecule has 7 nitrogen and oxygen atoms in total. The van der Waals surface area contributed by atoms with Crippen LogP contribution in [-0.2, 0) is 27.2 Å². The second-order valence-corrected chi connectivity index (χ2v) is 9.49.